The van der Waals surface area contributed by atoms with E-state index in [1.54, 1.807) is 18.9 Å². The molecule has 0 spiro atoms. The number of aryl methyl sites for hydroxylation is 2. The van der Waals surface area contributed by atoms with E-state index in [0.29, 0.717) is 35.4 Å². The second-order valence-corrected chi connectivity index (χ2v) is 8.61. The van der Waals surface area contributed by atoms with Crippen molar-refractivity contribution in [3.63, 3.8) is 0 Å². The van der Waals surface area contributed by atoms with Gasteiger partial charge in [0.1, 0.15) is 5.01 Å². The van der Waals surface area contributed by atoms with Crippen molar-refractivity contribution in [2.45, 2.75) is 33.1 Å². The van der Waals surface area contributed by atoms with Gasteiger partial charge in [-0.1, -0.05) is 17.4 Å². The Morgan fingerprint density at radius 3 is 2.77 bits per heavy atom. The summed E-state index contributed by atoms with van der Waals surface area (Å²) < 4.78 is 11.1. The Bertz CT molecular complexity index is 1070. The van der Waals surface area contributed by atoms with Crippen LogP contribution >= 0.6 is 11.3 Å². The first kappa shape index (κ1) is 21.1. The molecule has 1 aliphatic carbocycles. The zero-order valence-electron chi connectivity index (χ0n) is 17.9. The summed E-state index contributed by atoms with van der Waals surface area (Å²) >= 11 is 1.41. The molecule has 2 atom stereocenters. The van der Waals surface area contributed by atoms with E-state index in [1.807, 2.05) is 20.0 Å². The molecule has 0 unspecified atom stereocenters. The molecule has 3 aromatic heterocycles. The fourth-order valence-electron chi connectivity index (χ4n) is 3.14. The molecule has 1 fully saturated rings. The highest BCUT2D eigenvalue weighted by Gasteiger charge is 2.40. The molecule has 4 rings (SSSR count). The first-order valence-electron chi connectivity index (χ1n) is 10.1. The fourth-order valence-corrected chi connectivity index (χ4v) is 3.78. The van der Waals surface area contributed by atoms with Gasteiger partial charge in [0.2, 0.25) is 17.0 Å². The highest BCUT2D eigenvalue weighted by atomic mass is 32.1. The molecule has 1 aliphatic rings. The van der Waals surface area contributed by atoms with E-state index < -0.39 is 5.97 Å². The Hall–Kier alpha value is -3.14. The standard InChI is InChI=1S/C21H24N6O3S/c1-5-29-19(28)17-9-18(24-20(23-17)27(4)21-26-25-13(3)31-21)30-11-14-8-15(14)16-7-6-12(2)10-22-16/h6-7,9-10,14-15H,5,8,11H2,1-4H3/t14-,15+/m1/s1. The lowest BCUT2D eigenvalue weighted by atomic mass is 10.2. The van der Waals surface area contributed by atoms with Crippen LogP contribution in [0.5, 0.6) is 5.88 Å². The quantitative estimate of drug-likeness (QED) is 0.487. The van der Waals surface area contributed by atoms with Crippen LogP contribution in [0.2, 0.25) is 0 Å². The predicted molar refractivity (Wildman–Crippen MR) is 116 cm³/mol. The lowest BCUT2D eigenvalue weighted by molar-refractivity contribution is 0.0518. The molecular formula is C21H24N6O3S. The summed E-state index contributed by atoms with van der Waals surface area (Å²) in [4.78, 5) is 27.3. The molecule has 0 saturated heterocycles. The predicted octanol–water partition coefficient (Wildman–Crippen LogP) is 3.47. The van der Waals surface area contributed by atoms with Gasteiger partial charge >= 0.3 is 5.97 Å². The number of carbonyl (C=O) groups excluding carboxylic acids is 1. The summed E-state index contributed by atoms with van der Waals surface area (Å²) in [5.41, 5.74) is 2.37. The van der Waals surface area contributed by atoms with E-state index in [-0.39, 0.29) is 12.3 Å². The monoisotopic (exact) mass is 440 g/mol. The molecule has 0 bridgehead atoms. The molecular weight excluding hydrogens is 416 g/mol. The molecule has 0 aliphatic heterocycles. The second-order valence-electron chi connectivity index (χ2n) is 7.45. The summed E-state index contributed by atoms with van der Waals surface area (Å²) in [6.07, 6.45) is 2.90. The molecule has 0 amide bonds. The van der Waals surface area contributed by atoms with Crippen LogP contribution in [0.25, 0.3) is 0 Å². The van der Waals surface area contributed by atoms with E-state index in [0.717, 1.165) is 22.7 Å². The van der Waals surface area contributed by atoms with E-state index in [4.69, 9.17) is 9.47 Å². The van der Waals surface area contributed by atoms with Crippen LogP contribution < -0.4 is 9.64 Å². The number of nitrogens with zero attached hydrogens (tertiary/aromatic N) is 6. The van der Waals surface area contributed by atoms with Crippen LogP contribution in [-0.2, 0) is 4.74 Å². The van der Waals surface area contributed by atoms with Gasteiger partial charge in [0, 0.05) is 36.8 Å². The minimum atomic E-state index is -0.522. The highest BCUT2D eigenvalue weighted by molar-refractivity contribution is 7.15. The molecule has 0 radical (unpaired) electrons. The smallest absolute Gasteiger partial charge is 0.357 e. The number of hydrogen-bond acceptors (Lipinski definition) is 10. The Kier molecular flexibility index (Phi) is 6.08. The zero-order valence-corrected chi connectivity index (χ0v) is 18.7. The Balaban J connectivity index is 1.50. The number of carbonyl (C=O) groups is 1. The van der Waals surface area contributed by atoms with Crippen molar-refractivity contribution in [2.24, 2.45) is 5.92 Å². The zero-order chi connectivity index (χ0) is 22.0. The third-order valence-electron chi connectivity index (χ3n) is 4.96. The van der Waals surface area contributed by atoms with E-state index >= 15 is 0 Å². The highest BCUT2D eigenvalue weighted by Crippen LogP contribution is 2.46. The van der Waals surface area contributed by atoms with E-state index in [1.165, 1.54) is 17.4 Å². The van der Waals surface area contributed by atoms with Gasteiger partial charge in [-0.25, -0.2) is 9.78 Å². The van der Waals surface area contributed by atoms with Crippen LogP contribution in [0.4, 0.5) is 11.1 Å². The topological polar surface area (TPSA) is 103 Å². The third-order valence-corrected chi connectivity index (χ3v) is 5.87. The van der Waals surface area contributed by atoms with E-state index in [9.17, 15) is 4.79 Å². The average molecular weight is 441 g/mol. The van der Waals surface area contributed by atoms with Crippen molar-refractivity contribution in [2.75, 3.05) is 25.2 Å². The molecule has 31 heavy (non-hydrogen) atoms. The maximum absolute atomic E-state index is 12.3. The molecule has 0 N–H and O–H groups in total. The summed E-state index contributed by atoms with van der Waals surface area (Å²) in [5, 5.41) is 9.59. The lowest BCUT2D eigenvalue weighted by Gasteiger charge is -2.15. The maximum atomic E-state index is 12.3. The molecule has 1 saturated carbocycles. The van der Waals surface area contributed by atoms with Crippen molar-refractivity contribution in [1.29, 1.82) is 0 Å². The van der Waals surface area contributed by atoms with Gasteiger partial charge in [-0.3, -0.25) is 9.88 Å². The van der Waals surface area contributed by atoms with Crippen molar-refractivity contribution in [3.8, 4) is 5.88 Å². The second kappa shape index (κ2) is 8.93. The largest absolute Gasteiger partial charge is 0.477 e. The van der Waals surface area contributed by atoms with Gasteiger partial charge in [0.15, 0.2) is 5.69 Å². The number of ether oxygens (including phenoxy) is 2. The first-order valence-corrected chi connectivity index (χ1v) is 10.9. The molecule has 10 heteroatoms. The summed E-state index contributed by atoms with van der Waals surface area (Å²) in [7, 11) is 1.77. The minimum Gasteiger partial charge on any atom is -0.477 e. The van der Waals surface area contributed by atoms with Gasteiger partial charge < -0.3 is 9.47 Å². The van der Waals surface area contributed by atoms with Crippen molar-refractivity contribution in [1.82, 2.24) is 25.1 Å². The molecule has 3 aromatic rings. The van der Waals surface area contributed by atoms with Gasteiger partial charge in [-0.05, 0) is 38.8 Å². The van der Waals surface area contributed by atoms with Crippen molar-refractivity contribution >= 4 is 28.4 Å². The van der Waals surface area contributed by atoms with Crippen molar-refractivity contribution in [3.05, 3.63) is 46.4 Å². The van der Waals surface area contributed by atoms with Crippen LogP contribution in [0.15, 0.2) is 24.4 Å². The lowest BCUT2D eigenvalue weighted by Crippen LogP contribution is -2.17. The van der Waals surface area contributed by atoms with Gasteiger partial charge in [-0.15, -0.1) is 10.2 Å². The summed E-state index contributed by atoms with van der Waals surface area (Å²) in [5.74, 6) is 0.848. The van der Waals surface area contributed by atoms with Gasteiger partial charge in [0.05, 0.1) is 13.2 Å². The number of pyridine rings is 1. The Labute approximate surface area is 184 Å². The van der Waals surface area contributed by atoms with E-state index in [2.05, 4.69) is 37.3 Å². The minimum absolute atomic E-state index is 0.141. The van der Waals surface area contributed by atoms with Crippen LogP contribution in [0.1, 0.15) is 46.0 Å². The number of esters is 1. The summed E-state index contributed by atoms with van der Waals surface area (Å²) in [6.45, 7) is 6.39. The van der Waals surface area contributed by atoms with Crippen LogP contribution in [-0.4, -0.2) is 51.4 Å². The molecule has 9 nitrogen and oxygen atoms in total. The first-order chi connectivity index (χ1) is 14.9. The Morgan fingerprint density at radius 2 is 2.10 bits per heavy atom. The van der Waals surface area contributed by atoms with Crippen molar-refractivity contribution < 1.29 is 14.3 Å². The normalized spacial score (nSPS) is 17.3. The summed E-state index contributed by atoms with van der Waals surface area (Å²) in [6, 6.07) is 5.66. The number of aromatic nitrogens is 5. The average Bonchev–Trinajstić information content (AvgIpc) is 3.42. The number of rotatable bonds is 8. The molecule has 3 heterocycles. The number of hydrogen-bond donors (Lipinski definition) is 0. The third kappa shape index (κ3) is 4.96. The molecule has 0 aromatic carbocycles. The maximum Gasteiger partial charge on any atom is 0.357 e. The van der Waals surface area contributed by atoms with Crippen LogP contribution in [0.3, 0.4) is 0 Å². The van der Waals surface area contributed by atoms with Gasteiger partial charge in [-0.2, -0.15) is 4.98 Å². The molecule has 162 valence electrons. The Morgan fingerprint density at radius 1 is 1.26 bits per heavy atom. The SMILES string of the molecule is CCOC(=O)c1cc(OC[C@H]2C[C@@H]2c2ccc(C)cn2)nc(N(C)c2nnc(C)s2)n1. The van der Waals surface area contributed by atoms with Gasteiger partial charge in [0.25, 0.3) is 0 Å². The van der Waals surface area contributed by atoms with Crippen LogP contribution in [0, 0.1) is 19.8 Å². The fraction of sp³-hybridized carbons (Fsp3) is 0.429. The number of anilines is 2.